The lowest BCUT2D eigenvalue weighted by molar-refractivity contribution is 0.341. The second-order valence-electron chi connectivity index (χ2n) is 5.07. The van der Waals surface area contributed by atoms with Crippen molar-refractivity contribution in [3.05, 3.63) is 53.3 Å². The highest BCUT2D eigenvalue weighted by Crippen LogP contribution is 2.24. The lowest BCUT2D eigenvalue weighted by Gasteiger charge is -2.04. The normalized spacial score (nSPS) is 12.7. The Kier molecular flexibility index (Phi) is 4.73. The van der Waals surface area contributed by atoms with Gasteiger partial charge in [-0.2, -0.15) is 8.42 Å². The molecule has 0 aliphatic rings. The third-order valence-electron chi connectivity index (χ3n) is 3.52. The number of nitrogens with zero attached hydrogens (tertiary/aromatic N) is 2. The van der Waals surface area contributed by atoms with Crippen LogP contribution in [0.15, 0.2) is 57.8 Å². The first-order valence-corrected chi connectivity index (χ1v) is 9.93. The van der Waals surface area contributed by atoms with Crippen LogP contribution in [0.25, 0.3) is 10.2 Å². The summed E-state index contributed by atoms with van der Waals surface area (Å²) in [4.78, 5) is 0.658. The number of hydrogen-bond acceptors (Lipinski definition) is 4. The fourth-order valence-corrected chi connectivity index (χ4v) is 4.78. The van der Waals surface area contributed by atoms with Crippen LogP contribution in [-0.4, -0.2) is 19.6 Å². The predicted molar refractivity (Wildman–Crippen MR) is 95.8 cm³/mol. The Bertz CT molecular complexity index is 1020. The van der Waals surface area contributed by atoms with E-state index in [2.05, 4.69) is 4.40 Å². The van der Waals surface area contributed by atoms with Crippen molar-refractivity contribution in [3.8, 4) is 5.75 Å². The summed E-state index contributed by atoms with van der Waals surface area (Å²) < 4.78 is 37.5. The number of fused-ring (bicyclic) bond motifs is 1. The van der Waals surface area contributed by atoms with E-state index in [-0.39, 0.29) is 4.90 Å². The summed E-state index contributed by atoms with van der Waals surface area (Å²) >= 11 is 1.35. The van der Waals surface area contributed by atoms with E-state index in [0.29, 0.717) is 18.0 Å². The summed E-state index contributed by atoms with van der Waals surface area (Å²) in [6.07, 6.45) is 0. The predicted octanol–water partition coefficient (Wildman–Crippen LogP) is 3.41. The molecule has 0 saturated heterocycles. The van der Waals surface area contributed by atoms with E-state index >= 15 is 0 Å². The van der Waals surface area contributed by atoms with E-state index in [0.717, 1.165) is 16.0 Å². The van der Waals surface area contributed by atoms with Gasteiger partial charge in [-0.1, -0.05) is 29.5 Å². The van der Waals surface area contributed by atoms with Gasteiger partial charge in [0.1, 0.15) is 5.75 Å². The largest absolute Gasteiger partial charge is 0.494 e. The van der Waals surface area contributed by atoms with Crippen LogP contribution in [0.1, 0.15) is 13.8 Å². The SMILES string of the molecule is CCOc1ccc2c(c1)sc(=NS(=O)(=O)c1ccccc1)n2CC. The van der Waals surface area contributed by atoms with Crippen LogP contribution in [0.3, 0.4) is 0 Å². The first-order valence-electron chi connectivity index (χ1n) is 7.67. The van der Waals surface area contributed by atoms with Crippen molar-refractivity contribution in [1.82, 2.24) is 4.57 Å². The molecular weight excluding hydrogens is 344 g/mol. The molecular formula is C17H18N2O3S2. The minimum absolute atomic E-state index is 0.195. The number of thiazole rings is 1. The zero-order valence-corrected chi connectivity index (χ0v) is 15.1. The van der Waals surface area contributed by atoms with Crippen LogP contribution in [0.2, 0.25) is 0 Å². The van der Waals surface area contributed by atoms with E-state index in [1.54, 1.807) is 30.3 Å². The molecule has 1 aromatic heterocycles. The van der Waals surface area contributed by atoms with Gasteiger partial charge in [-0.3, -0.25) is 0 Å². The molecule has 0 fully saturated rings. The number of benzene rings is 2. The molecule has 5 nitrogen and oxygen atoms in total. The van der Waals surface area contributed by atoms with E-state index < -0.39 is 10.0 Å². The molecule has 0 atom stereocenters. The lowest BCUT2D eigenvalue weighted by atomic mass is 10.3. The Hall–Kier alpha value is -2.12. The van der Waals surface area contributed by atoms with Gasteiger partial charge in [-0.25, -0.2) is 0 Å². The molecule has 0 aliphatic carbocycles. The number of sulfonamides is 1. The highest BCUT2D eigenvalue weighted by atomic mass is 32.2. The van der Waals surface area contributed by atoms with E-state index in [9.17, 15) is 8.42 Å². The van der Waals surface area contributed by atoms with Gasteiger partial charge in [0.2, 0.25) is 4.80 Å². The summed E-state index contributed by atoms with van der Waals surface area (Å²) in [6.45, 7) is 5.12. The molecule has 0 bridgehead atoms. The standard InChI is InChI=1S/C17H18N2O3S2/c1-3-19-15-11-10-13(22-4-2)12-16(15)23-17(19)18-24(20,21)14-8-6-5-7-9-14/h5-12H,3-4H2,1-2H3. The highest BCUT2D eigenvalue weighted by molar-refractivity contribution is 7.90. The molecule has 2 aromatic carbocycles. The zero-order valence-electron chi connectivity index (χ0n) is 13.5. The minimum atomic E-state index is -3.73. The lowest BCUT2D eigenvalue weighted by Crippen LogP contribution is -2.16. The molecule has 0 N–H and O–H groups in total. The number of ether oxygens (including phenoxy) is 1. The molecule has 0 unspecified atom stereocenters. The summed E-state index contributed by atoms with van der Waals surface area (Å²) in [6, 6.07) is 14.0. The first kappa shape index (κ1) is 16.7. The van der Waals surface area contributed by atoms with Crippen molar-refractivity contribution in [2.24, 2.45) is 4.40 Å². The fourth-order valence-electron chi connectivity index (χ4n) is 2.43. The van der Waals surface area contributed by atoms with Crippen molar-refractivity contribution >= 4 is 31.6 Å². The number of rotatable bonds is 5. The van der Waals surface area contributed by atoms with E-state index in [1.165, 1.54) is 11.3 Å². The highest BCUT2D eigenvalue weighted by Gasteiger charge is 2.14. The Morgan fingerprint density at radius 3 is 2.54 bits per heavy atom. The summed E-state index contributed by atoms with van der Waals surface area (Å²) in [5.74, 6) is 0.770. The van der Waals surface area contributed by atoms with Crippen molar-refractivity contribution in [3.63, 3.8) is 0 Å². The molecule has 7 heteroatoms. The molecule has 0 spiro atoms. The summed E-state index contributed by atoms with van der Waals surface area (Å²) in [5, 5.41) is 0. The molecule has 0 saturated carbocycles. The maximum absolute atomic E-state index is 12.5. The van der Waals surface area contributed by atoms with Crippen LogP contribution >= 0.6 is 11.3 Å². The average molecular weight is 362 g/mol. The third kappa shape index (κ3) is 3.22. The molecule has 0 aliphatic heterocycles. The Morgan fingerprint density at radius 2 is 1.88 bits per heavy atom. The smallest absolute Gasteiger partial charge is 0.285 e. The maximum atomic E-state index is 12.5. The second-order valence-corrected chi connectivity index (χ2v) is 7.68. The van der Waals surface area contributed by atoms with Crippen LogP contribution in [0.4, 0.5) is 0 Å². The molecule has 126 valence electrons. The fraction of sp³-hybridized carbons (Fsp3) is 0.235. The molecule has 1 heterocycles. The van der Waals surface area contributed by atoms with Gasteiger partial charge in [0, 0.05) is 6.54 Å². The Labute approximate surface area is 144 Å². The van der Waals surface area contributed by atoms with Crippen LogP contribution in [0, 0.1) is 0 Å². The summed E-state index contributed by atoms with van der Waals surface area (Å²) in [5.41, 5.74) is 0.952. The van der Waals surface area contributed by atoms with E-state index in [4.69, 9.17) is 4.74 Å². The van der Waals surface area contributed by atoms with Gasteiger partial charge < -0.3 is 9.30 Å². The average Bonchev–Trinajstić information content (AvgIpc) is 2.91. The first-order chi connectivity index (χ1) is 11.5. The molecule has 0 amide bonds. The van der Waals surface area contributed by atoms with E-state index in [1.807, 2.05) is 36.6 Å². The van der Waals surface area contributed by atoms with Crippen molar-refractivity contribution in [2.75, 3.05) is 6.61 Å². The van der Waals surface area contributed by atoms with Gasteiger partial charge in [0.25, 0.3) is 10.0 Å². The van der Waals surface area contributed by atoms with Gasteiger partial charge in [0.05, 0.1) is 21.7 Å². The molecule has 3 aromatic rings. The second kappa shape index (κ2) is 6.78. The molecule has 3 rings (SSSR count). The van der Waals surface area contributed by atoms with Crippen molar-refractivity contribution in [2.45, 2.75) is 25.3 Å². The van der Waals surface area contributed by atoms with Crippen LogP contribution in [0.5, 0.6) is 5.75 Å². The van der Waals surface area contributed by atoms with Crippen molar-refractivity contribution < 1.29 is 13.2 Å². The van der Waals surface area contributed by atoms with Crippen molar-refractivity contribution in [1.29, 1.82) is 0 Å². The topological polar surface area (TPSA) is 60.7 Å². The third-order valence-corrected chi connectivity index (χ3v) is 5.96. The van der Waals surface area contributed by atoms with Crippen LogP contribution in [-0.2, 0) is 16.6 Å². The number of aromatic nitrogens is 1. The number of aryl methyl sites for hydroxylation is 1. The van der Waals surface area contributed by atoms with Gasteiger partial charge in [-0.05, 0) is 44.2 Å². The Balaban J connectivity index is 2.18. The summed E-state index contributed by atoms with van der Waals surface area (Å²) in [7, 11) is -3.73. The zero-order chi connectivity index (χ0) is 17.2. The van der Waals surface area contributed by atoms with Crippen LogP contribution < -0.4 is 9.54 Å². The molecule has 24 heavy (non-hydrogen) atoms. The van der Waals surface area contributed by atoms with Gasteiger partial charge >= 0.3 is 0 Å². The maximum Gasteiger partial charge on any atom is 0.285 e. The quantitative estimate of drug-likeness (QED) is 0.699. The van der Waals surface area contributed by atoms with Gasteiger partial charge in [-0.15, -0.1) is 4.40 Å². The number of hydrogen-bond donors (Lipinski definition) is 0. The monoisotopic (exact) mass is 362 g/mol. The molecule has 0 radical (unpaired) electrons. The minimum Gasteiger partial charge on any atom is -0.494 e. The van der Waals surface area contributed by atoms with Gasteiger partial charge in [0.15, 0.2) is 0 Å². The Morgan fingerprint density at radius 1 is 1.12 bits per heavy atom.